The van der Waals surface area contributed by atoms with E-state index in [0.717, 1.165) is 164 Å². The van der Waals surface area contributed by atoms with E-state index < -0.39 is 0 Å². The van der Waals surface area contributed by atoms with E-state index >= 15 is 0 Å². The second kappa shape index (κ2) is 147. The average Bonchev–Trinajstić information content (AvgIpc) is 1.04. The number of hydrogen-bond acceptors (Lipinski definition) is 22. The van der Waals surface area contributed by atoms with Gasteiger partial charge in [0.2, 0.25) is 5.91 Å². The summed E-state index contributed by atoms with van der Waals surface area (Å²) in [6.45, 7) is 75.3. The van der Waals surface area contributed by atoms with Crippen molar-refractivity contribution in [3.63, 3.8) is 0 Å². The quantitative estimate of drug-likeness (QED) is 0.0191. The van der Waals surface area contributed by atoms with Gasteiger partial charge in [0.05, 0.1) is 59.9 Å². The lowest BCUT2D eigenvalue weighted by Crippen LogP contribution is -2.29. The monoisotopic (exact) mass is 2030 g/mol. The van der Waals surface area contributed by atoms with Gasteiger partial charge in [-0.15, -0.1) is 17.8 Å². The highest BCUT2D eigenvalue weighted by atomic mass is 16.5. The molecule has 0 spiro atoms. The molecule has 850 valence electrons. The van der Waals surface area contributed by atoms with Gasteiger partial charge in [0.1, 0.15) is 36.3 Å². The normalized spacial score (nSPS) is 10.5. The minimum absolute atomic E-state index is 0.0675. The average molecular weight is 2030 g/mol. The van der Waals surface area contributed by atoms with Crippen molar-refractivity contribution in [3.8, 4) is 35.5 Å². The maximum absolute atomic E-state index is 11.4. The first-order valence-electron chi connectivity index (χ1n) is 54.7. The predicted octanol–water partition coefficient (Wildman–Crippen LogP) is 26.5. The number of unbranched alkanes of at least 4 members (excludes halogenated alkanes) is 1. The first-order valence-corrected chi connectivity index (χ1v) is 54.7. The molecule has 0 aliphatic heterocycles. The fourth-order valence-electron chi connectivity index (χ4n) is 10.6. The number of allylic oxidation sites excluding steroid dienone is 3. The number of ketones is 4. The van der Waals surface area contributed by atoms with E-state index in [1.165, 1.54) is 84.2 Å². The largest absolute Gasteiger partial charge is 0.469 e. The third-order valence-corrected chi connectivity index (χ3v) is 18.9. The number of methoxy groups -OCH3 is 10. The Morgan fingerprint density at radius 1 is 0.289 bits per heavy atom. The smallest absolute Gasteiger partial charge is 0.305 e. The third kappa shape index (κ3) is 224. The number of Topliss-reactive ketones (excluding diaryl/α,β-unsaturated/α-hetero) is 4. The Bertz CT molecular complexity index is 2690. The lowest BCUT2D eigenvalue weighted by Gasteiger charge is -2.08. The van der Waals surface area contributed by atoms with Gasteiger partial charge in [-0.25, -0.2) is 0 Å². The molecule has 0 aromatic carbocycles. The molecule has 0 aliphatic rings. The highest BCUT2D eigenvalue weighted by Crippen LogP contribution is 2.12. The summed E-state index contributed by atoms with van der Waals surface area (Å²) in [5, 5.41) is 12.4. The SMILES string of the molecule is C/C=C/CCC(C)C.CC#CCCC(C)C.CCCC(C)C.COC(=O)CCCCC(C)C.COC/C=C/CCC(C)C.COCC#CCCC(C)C.COCC#CCCOCCCC(C)C.COCCCC(=O)CC(C)C.COCCCC(=O)CCOCCNC(=O)CCC(C)C.COCCCC(=O)CCOCCNC(C)C.COCCCC(=O)CNC(C)C.COCCCC(C)C.COCCNC(C)C. The fraction of sp³-hybridized carbons (Fsp3) is 0.866. The van der Waals surface area contributed by atoms with Gasteiger partial charge in [0.25, 0.3) is 0 Å². The summed E-state index contributed by atoms with van der Waals surface area (Å²) in [6, 6.07) is 1.45. The zero-order valence-corrected chi connectivity index (χ0v) is 101. The molecule has 142 heavy (non-hydrogen) atoms. The van der Waals surface area contributed by atoms with Crippen LogP contribution in [0.3, 0.4) is 0 Å². The van der Waals surface area contributed by atoms with Crippen LogP contribution in [0.1, 0.15) is 406 Å². The summed E-state index contributed by atoms with van der Waals surface area (Å²) in [4.78, 5) is 66.9. The third-order valence-electron chi connectivity index (χ3n) is 18.9. The van der Waals surface area contributed by atoms with Crippen molar-refractivity contribution in [3.05, 3.63) is 24.3 Å². The van der Waals surface area contributed by atoms with Gasteiger partial charge >= 0.3 is 5.97 Å². The molecule has 0 aromatic heterocycles. The number of ether oxygens (including phenoxy) is 13. The van der Waals surface area contributed by atoms with Crippen molar-refractivity contribution >= 4 is 35.0 Å². The second-order valence-corrected chi connectivity index (χ2v) is 40.0. The molecular formula is C119H240N4O19. The summed E-state index contributed by atoms with van der Waals surface area (Å²) in [6.07, 6.45) is 39.2. The van der Waals surface area contributed by atoms with E-state index in [1.54, 1.807) is 64.0 Å². The Labute approximate surface area is 881 Å². The van der Waals surface area contributed by atoms with E-state index in [9.17, 15) is 28.8 Å². The number of esters is 1. The van der Waals surface area contributed by atoms with E-state index in [2.05, 4.69) is 266 Å². The standard InChI is InChI=1S/C15H29NO4.C12H25NO3.C12H22O2.C9H19NO2.2C9H18O2.C9H18O.C9H16O.C8H16.C8H14.C7H16O.C6H15NO.C6H14/c1-13(2)6-7-15(18)16-9-12-20-11-8-14(17)5-4-10-19-3;1-11(2)13-7-10-16-9-6-12(14)5-4-8-15-3;1-12(2)8-7-11-14-10-6-4-5-9-13-3;1-8(2)10-7-9(11)5-4-6-12-3;1-8(2)7-9(10)5-4-6-11-3;1-8(2)6-4-5-7-9(10)11-3;2*1-9(2)7-5-4-6-8-10-3;2*1-4-5-6-7-8(2)3;1-7(2)5-4-6-8-3;1-6(2)7-4-5-8-3;1-4-5-6(2)3/h13H,4-12H2,1-3H3,(H,16,18);11,13H,4-10H2,1-3H3;12H,6-11H2,1-3H3;8,10H,4-7H2,1-3H3;2*8H,4-7H2,1-3H3;4,6,9H,5,7-8H2,1-3H3;9H,5,7-8H2,1-3H3;4-5,8H,6-7H2,1-3H3;8H,6-7H2,1-3H3;7H,4-6H2,1-3H3;6-7H,4-5H2,1-3H3;6H,4-5H2,1-3H3/b;;;;;;6-4+;;5-4+;;;;. The maximum Gasteiger partial charge on any atom is 0.305 e. The number of rotatable bonds is 72. The van der Waals surface area contributed by atoms with Crippen molar-refractivity contribution in [2.24, 2.45) is 59.2 Å². The molecule has 0 saturated carbocycles. The van der Waals surface area contributed by atoms with Gasteiger partial charge in [-0.05, 0) is 176 Å². The summed E-state index contributed by atoms with van der Waals surface area (Å²) >= 11 is 0. The summed E-state index contributed by atoms with van der Waals surface area (Å²) in [5.41, 5.74) is 0. The van der Waals surface area contributed by atoms with Gasteiger partial charge in [-0.1, -0.05) is 255 Å². The van der Waals surface area contributed by atoms with Crippen LogP contribution in [0.4, 0.5) is 0 Å². The Hall–Kier alpha value is -4.82. The lowest BCUT2D eigenvalue weighted by molar-refractivity contribution is -0.140. The van der Waals surface area contributed by atoms with Gasteiger partial charge in [-0.3, -0.25) is 28.8 Å². The lowest BCUT2D eigenvalue weighted by atomic mass is 10.0. The Morgan fingerprint density at radius 2 is 0.662 bits per heavy atom. The Balaban J connectivity index is -0.000000117. The van der Waals surface area contributed by atoms with E-state index in [4.69, 9.17) is 56.8 Å². The van der Waals surface area contributed by atoms with Crippen LogP contribution < -0.4 is 21.3 Å². The van der Waals surface area contributed by atoms with Gasteiger partial charge in [-0.2, -0.15) is 0 Å². The molecule has 0 fully saturated rings. The first-order chi connectivity index (χ1) is 67.4. The van der Waals surface area contributed by atoms with Gasteiger partial charge in [0, 0.05) is 218 Å². The maximum atomic E-state index is 11.4. The fourth-order valence-corrected chi connectivity index (χ4v) is 10.6. The van der Waals surface area contributed by atoms with Crippen LogP contribution in [0, 0.1) is 94.7 Å². The van der Waals surface area contributed by atoms with Gasteiger partial charge in [0.15, 0.2) is 0 Å². The topological polar surface area (TPSA) is 271 Å². The Kier molecular flexibility index (Phi) is 171. The number of nitrogens with one attached hydrogen (secondary N) is 4. The van der Waals surface area contributed by atoms with E-state index in [-0.39, 0.29) is 29.2 Å². The molecule has 0 atom stereocenters. The van der Waals surface area contributed by atoms with Crippen molar-refractivity contribution in [1.29, 1.82) is 0 Å². The first kappa shape index (κ1) is 165. The van der Waals surface area contributed by atoms with Crippen molar-refractivity contribution < 1.29 is 90.3 Å². The molecule has 0 aliphatic carbocycles. The zero-order chi connectivity index (χ0) is 111. The second-order valence-electron chi connectivity index (χ2n) is 40.0. The van der Waals surface area contributed by atoms with Crippen LogP contribution in [0.25, 0.3) is 0 Å². The highest BCUT2D eigenvalue weighted by molar-refractivity contribution is 5.80. The minimum Gasteiger partial charge on any atom is -0.469 e. The summed E-state index contributed by atoms with van der Waals surface area (Å²) in [5.74, 6) is 26.3. The molecule has 23 heteroatoms. The molecule has 0 unspecified atom stereocenters. The van der Waals surface area contributed by atoms with Crippen LogP contribution in [0.5, 0.6) is 0 Å². The van der Waals surface area contributed by atoms with Crippen LogP contribution in [0.15, 0.2) is 24.3 Å². The summed E-state index contributed by atoms with van der Waals surface area (Å²) < 4.78 is 64.2. The van der Waals surface area contributed by atoms with Crippen molar-refractivity contribution in [2.45, 2.75) is 424 Å². The van der Waals surface area contributed by atoms with Crippen LogP contribution in [0.2, 0.25) is 0 Å². The molecule has 4 N–H and O–H groups in total. The molecule has 1 amide bonds. The number of amides is 1. The van der Waals surface area contributed by atoms with Crippen LogP contribution in [-0.2, 0) is 90.3 Å². The molecule has 0 heterocycles. The number of carbonyl (C=O) groups is 6. The number of carbonyl (C=O) groups excluding carboxylic acids is 6. The molecule has 0 saturated heterocycles. The predicted molar refractivity (Wildman–Crippen MR) is 609 cm³/mol. The van der Waals surface area contributed by atoms with Crippen LogP contribution >= 0.6 is 0 Å². The Morgan fingerprint density at radius 3 is 1.04 bits per heavy atom. The van der Waals surface area contributed by atoms with Gasteiger partial charge < -0.3 is 82.8 Å². The molecule has 0 bridgehead atoms. The van der Waals surface area contributed by atoms with E-state index in [1.807, 2.05) is 20.8 Å². The molecule has 23 nitrogen and oxygen atoms in total. The summed E-state index contributed by atoms with van der Waals surface area (Å²) in [7, 11) is 16.5. The molecule has 0 aromatic rings. The number of hydrogen-bond donors (Lipinski definition) is 4. The molecule has 0 rings (SSSR count). The highest BCUT2D eigenvalue weighted by Gasteiger charge is 2.09. The van der Waals surface area contributed by atoms with Crippen LogP contribution in [-0.4, -0.2) is 250 Å². The van der Waals surface area contributed by atoms with Crippen molar-refractivity contribution in [2.75, 3.05) is 196 Å². The zero-order valence-electron chi connectivity index (χ0n) is 101. The van der Waals surface area contributed by atoms with E-state index in [0.29, 0.717) is 173 Å². The van der Waals surface area contributed by atoms with Crippen molar-refractivity contribution in [1.82, 2.24) is 21.3 Å². The molecule has 0 radical (unpaired) electrons. The molecular weight excluding hydrogens is 1790 g/mol. The minimum atomic E-state index is -0.0891.